The molecule has 0 spiro atoms. The molecule has 2 N–H and O–H groups in total. The largest absolute Gasteiger partial charge is 0.497 e. The molecule has 5 heteroatoms. The lowest BCUT2D eigenvalue weighted by Gasteiger charge is -2.09. The van der Waals surface area contributed by atoms with Crippen molar-refractivity contribution in [2.45, 2.75) is 13.3 Å². The molecule has 2 aromatic carbocycles. The lowest BCUT2D eigenvalue weighted by molar-refractivity contribution is 0.102. The van der Waals surface area contributed by atoms with Gasteiger partial charge in [-0.1, -0.05) is 29.8 Å². The van der Waals surface area contributed by atoms with Crippen molar-refractivity contribution < 1.29 is 9.53 Å². The summed E-state index contributed by atoms with van der Waals surface area (Å²) < 4.78 is 5.24. The van der Waals surface area contributed by atoms with E-state index in [-0.39, 0.29) is 5.91 Å². The molecule has 0 fully saturated rings. The number of rotatable bonds is 7. The lowest BCUT2D eigenvalue weighted by Crippen LogP contribution is -2.13. The molecule has 1 amide bonds. The standard InChI is InChI=1S/C22H23N3O2/c1-16-5-3-7-18(13-16)22(26)25-21-10-9-19(15-24-21)23-12-11-17-6-4-8-20(14-17)27-2/h3-10,13-15,23H,11-12H2,1-2H3,(H,24,25,26). The van der Waals surface area contributed by atoms with Crippen molar-refractivity contribution in [3.05, 3.63) is 83.6 Å². The monoisotopic (exact) mass is 361 g/mol. The Bertz CT molecular complexity index is 907. The van der Waals surface area contributed by atoms with E-state index in [0.29, 0.717) is 11.4 Å². The molecule has 0 unspecified atom stereocenters. The van der Waals surface area contributed by atoms with E-state index in [1.807, 2.05) is 49.4 Å². The third kappa shape index (κ3) is 5.31. The van der Waals surface area contributed by atoms with Crippen molar-refractivity contribution in [3.63, 3.8) is 0 Å². The molecule has 0 aliphatic carbocycles. The van der Waals surface area contributed by atoms with E-state index in [4.69, 9.17) is 4.74 Å². The Labute approximate surface area is 159 Å². The smallest absolute Gasteiger partial charge is 0.256 e. The van der Waals surface area contributed by atoms with Crippen LogP contribution in [0.2, 0.25) is 0 Å². The molecule has 0 atom stereocenters. The van der Waals surface area contributed by atoms with Crippen LogP contribution in [0.25, 0.3) is 0 Å². The molecule has 0 aliphatic heterocycles. The number of amides is 1. The van der Waals surface area contributed by atoms with Crippen molar-refractivity contribution in [2.75, 3.05) is 24.3 Å². The fourth-order valence-electron chi connectivity index (χ4n) is 2.73. The van der Waals surface area contributed by atoms with Crippen molar-refractivity contribution in [1.29, 1.82) is 0 Å². The fourth-order valence-corrected chi connectivity index (χ4v) is 2.73. The number of ether oxygens (including phenoxy) is 1. The van der Waals surface area contributed by atoms with Gasteiger partial charge >= 0.3 is 0 Å². The number of nitrogens with one attached hydrogen (secondary N) is 2. The Morgan fingerprint density at radius 1 is 1.07 bits per heavy atom. The summed E-state index contributed by atoms with van der Waals surface area (Å²) in [6, 6.07) is 19.2. The summed E-state index contributed by atoms with van der Waals surface area (Å²) in [5, 5.41) is 6.15. The SMILES string of the molecule is COc1cccc(CCNc2ccc(NC(=O)c3cccc(C)c3)nc2)c1. The van der Waals surface area contributed by atoms with Gasteiger partial charge in [0.2, 0.25) is 0 Å². The Kier molecular flexibility index (Phi) is 6.05. The number of methoxy groups -OCH3 is 1. The molecular weight excluding hydrogens is 338 g/mol. The number of anilines is 2. The Balaban J connectivity index is 1.51. The van der Waals surface area contributed by atoms with Gasteiger partial charge in [-0.3, -0.25) is 4.79 Å². The summed E-state index contributed by atoms with van der Waals surface area (Å²) in [6.45, 7) is 2.74. The molecule has 1 heterocycles. The molecule has 138 valence electrons. The van der Waals surface area contributed by atoms with E-state index >= 15 is 0 Å². The summed E-state index contributed by atoms with van der Waals surface area (Å²) in [4.78, 5) is 16.6. The highest BCUT2D eigenvalue weighted by atomic mass is 16.5. The second kappa shape index (κ2) is 8.85. The predicted molar refractivity (Wildman–Crippen MR) is 109 cm³/mol. The molecule has 3 aromatic rings. The van der Waals surface area contributed by atoms with Crippen molar-refractivity contribution in [2.24, 2.45) is 0 Å². The van der Waals surface area contributed by atoms with E-state index in [9.17, 15) is 4.79 Å². The van der Waals surface area contributed by atoms with E-state index in [0.717, 1.165) is 30.0 Å². The van der Waals surface area contributed by atoms with Crippen LogP contribution < -0.4 is 15.4 Å². The van der Waals surface area contributed by atoms with E-state index in [1.54, 1.807) is 25.4 Å². The van der Waals surface area contributed by atoms with Gasteiger partial charge in [0.15, 0.2) is 0 Å². The normalized spacial score (nSPS) is 10.3. The maximum atomic E-state index is 12.3. The van der Waals surface area contributed by atoms with Gasteiger partial charge in [-0.15, -0.1) is 0 Å². The van der Waals surface area contributed by atoms with Crippen LogP contribution in [0.3, 0.4) is 0 Å². The van der Waals surface area contributed by atoms with Gasteiger partial charge in [-0.05, 0) is 55.3 Å². The zero-order valence-electron chi connectivity index (χ0n) is 15.5. The molecule has 0 saturated carbocycles. The number of nitrogens with zero attached hydrogens (tertiary/aromatic N) is 1. The molecule has 1 aromatic heterocycles. The average Bonchev–Trinajstić information content (AvgIpc) is 2.69. The first-order chi connectivity index (χ1) is 13.1. The first kappa shape index (κ1) is 18.5. The molecule has 3 rings (SSSR count). The third-order valence-electron chi connectivity index (χ3n) is 4.16. The summed E-state index contributed by atoms with van der Waals surface area (Å²) in [5.74, 6) is 1.23. The number of carbonyl (C=O) groups is 1. The summed E-state index contributed by atoms with van der Waals surface area (Å²) in [5.41, 5.74) is 3.78. The molecule has 0 saturated heterocycles. The minimum absolute atomic E-state index is 0.162. The van der Waals surface area contributed by atoms with Gasteiger partial charge in [0.05, 0.1) is 19.0 Å². The van der Waals surface area contributed by atoms with Crippen LogP contribution in [0.15, 0.2) is 66.9 Å². The first-order valence-electron chi connectivity index (χ1n) is 8.85. The maximum absolute atomic E-state index is 12.3. The van der Waals surface area contributed by atoms with Crippen molar-refractivity contribution in [3.8, 4) is 5.75 Å². The van der Waals surface area contributed by atoms with Gasteiger partial charge in [-0.25, -0.2) is 4.98 Å². The van der Waals surface area contributed by atoms with Crippen LogP contribution in [-0.2, 0) is 6.42 Å². The summed E-state index contributed by atoms with van der Waals surface area (Å²) in [6.07, 6.45) is 2.60. The van der Waals surface area contributed by atoms with Gasteiger partial charge in [0.1, 0.15) is 11.6 Å². The van der Waals surface area contributed by atoms with Gasteiger partial charge in [-0.2, -0.15) is 0 Å². The van der Waals surface area contributed by atoms with Crippen molar-refractivity contribution >= 4 is 17.4 Å². The van der Waals surface area contributed by atoms with Gasteiger partial charge in [0.25, 0.3) is 5.91 Å². The van der Waals surface area contributed by atoms with E-state index in [2.05, 4.69) is 21.7 Å². The van der Waals surface area contributed by atoms with Gasteiger partial charge < -0.3 is 15.4 Å². The maximum Gasteiger partial charge on any atom is 0.256 e. The topological polar surface area (TPSA) is 63.2 Å². The number of hydrogen-bond donors (Lipinski definition) is 2. The number of hydrogen-bond acceptors (Lipinski definition) is 4. The second-order valence-corrected chi connectivity index (χ2v) is 6.28. The molecule has 5 nitrogen and oxygen atoms in total. The van der Waals surface area contributed by atoms with Crippen LogP contribution >= 0.6 is 0 Å². The van der Waals surface area contributed by atoms with Crippen LogP contribution in [0.1, 0.15) is 21.5 Å². The average molecular weight is 361 g/mol. The van der Waals surface area contributed by atoms with Crippen LogP contribution in [-0.4, -0.2) is 24.5 Å². The summed E-state index contributed by atoms with van der Waals surface area (Å²) >= 11 is 0. The number of aryl methyl sites for hydroxylation is 1. The number of pyridine rings is 1. The fraction of sp³-hybridized carbons (Fsp3) is 0.182. The number of benzene rings is 2. The first-order valence-corrected chi connectivity index (χ1v) is 8.85. The van der Waals surface area contributed by atoms with Crippen LogP contribution in [0.5, 0.6) is 5.75 Å². The Hall–Kier alpha value is -3.34. The van der Waals surface area contributed by atoms with E-state index in [1.165, 1.54) is 5.56 Å². The Morgan fingerprint density at radius 2 is 1.93 bits per heavy atom. The van der Waals surface area contributed by atoms with Gasteiger partial charge in [0, 0.05) is 12.1 Å². The van der Waals surface area contributed by atoms with Crippen molar-refractivity contribution in [1.82, 2.24) is 4.98 Å². The second-order valence-electron chi connectivity index (χ2n) is 6.28. The van der Waals surface area contributed by atoms with Crippen LogP contribution in [0.4, 0.5) is 11.5 Å². The molecule has 27 heavy (non-hydrogen) atoms. The number of aromatic nitrogens is 1. The number of carbonyl (C=O) groups excluding carboxylic acids is 1. The highest BCUT2D eigenvalue weighted by molar-refractivity contribution is 6.03. The molecule has 0 radical (unpaired) electrons. The minimum atomic E-state index is -0.162. The molecule has 0 bridgehead atoms. The quantitative estimate of drug-likeness (QED) is 0.658. The van der Waals surface area contributed by atoms with E-state index < -0.39 is 0 Å². The molecule has 0 aliphatic rings. The highest BCUT2D eigenvalue weighted by Crippen LogP contribution is 2.14. The summed E-state index contributed by atoms with van der Waals surface area (Å²) in [7, 11) is 1.67. The highest BCUT2D eigenvalue weighted by Gasteiger charge is 2.06. The zero-order chi connectivity index (χ0) is 19.1. The predicted octanol–water partition coefficient (Wildman–Crippen LogP) is 4.31. The Morgan fingerprint density at radius 3 is 2.67 bits per heavy atom. The molecular formula is C22H23N3O2. The zero-order valence-corrected chi connectivity index (χ0v) is 15.5. The third-order valence-corrected chi connectivity index (χ3v) is 4.16. The lowest BCUT2D eigenvalue weighted by atomic mass is 10.1. The van der Waals surface area contributed by atoms with Crippen LogP contribution in [0, 0.1) is 6.92 Å². The minimum Gasteiger partial charge on any atom is -0.497 e.